The number of phenols is 1. The van der Waals surface area contributed by atoms with Crippen LogP contribution in [0.4, 0.5) is 0 Å². The van der Waals surface area contributed by atoms with E-state index in [2.05, 4.69) is 5.32 Å². The number of carbonyl (C=O) groups is 5. The summed E-state index contributed by atoms with van der Waals surface area (Å²) in [7, 11) is 0. The van der Waals surface area contributed by atoms with E-state index in [1.807, 2.05) is 0 Å². The lowest BCUT2D eigenvalue weighted by atomic mass is 9.53. The van der Waals surface area contributed by atoms with Crippen LogP contribution in [0.1, 0.15) is 60.0 Å². The van der Waals surface area contributed by atoms with Gasteiger partial charge in [0, 0.05) is 24.9 Å². The van der Waals surface area contributed by atoms with Crippen molar-refractivity contribution in [1.29, 1.82) is 0 Å². The van der Waals surface area contributed by atoms with E-state index >= 15 is 0 Å². The van der Waals surface area contributed by atoms with Crippen LogP contribution in [0.15, 0.2) is 12.1 Å². The Morgan fingerprint density at radius 1 is 1.09 bits per heavy atom. The van der Waals surface area contributed by atoms with Gasteiger partial charge in [-0.15, -0.1) is 0 Å². The molecule has 9 heteroatoms. The second-order valence-electron chi connectivity index (χ2n) is 10.2. The van der Waals surface area contributed by atoms with Gasteiger partial charge in [0.05, 0.1) is 11.5 Å². The molecule has 1 amide bonds. The molecule has 0 aromatic heterocycles. The summed E-state index contributed by atoms with van der Waals surface area (Å²) in [6.07, 6.45) is 4.61. The van der Waals surface area contributed by atoms with Gasteiger partial charge in [0.15, 0.2) is 34.7 Å². The number of phenolic OH excluding ortho intramolecular Hbond substituents is 1. The Morgan fingerprint density at radius 2 is 1.79 bits per heavy atom. The highest BCUT2D eigenvalue weighted by Crippen LogP contribution is 2.50. The Labute approximate surface area is 196 Å². The smallest absolute Gasteiger partial charge is 0.235 e. The van der Waals surface area contributed by atoms with Crippen LogP contribution in [0.25, 0.3) is 0 Å². The van der Waals surface area contributed by atoms with Gasteiger partial charge in [0.1, 0.15) is 5.75 Å². The van der Waals surface area contributed by atoms with Gasteiger partial charge in [0.2, 0.25) is 5.91 Å². The van der Waals surface area contributed by atoms with Crippen molar-refractivity contribution < 1.29 is 34.2 Å². The Balaban J connectivity index is 1.50. The fourth-order valence-corrected chi connectivity index (χ4v) is 6.58. The molecule has 0 spiro atoms. The zero-order valence-electron chi connectivity index (χ0n) is 18.7. The molecular weight excluding hydrogens is 440 g/mol. The first-order chi connectivity index (χ1) is 16.1. The number of aliphatic hydroxyl groups is 1. The first kappa shape index (κ1) is 22.9. The summed E-state index contributed by atoms with van der Waals surface area (Å²) < 4.78 is 0. The lowest BCUT2D eigenvalue weighted by molar-refractivity contribution is -0.175. The number of hydrogen-bond donors (Lipinski definition) is 4. The summed E-state index contributed by atoms with van der Waals surface area (Å²) in [4.78, 5) is 64.1. The molecule has 4 aliphatic carbocycles. The molecule has 3 saturated carbocycles. The van der Waals surface area contributed by atoms with E-state index in [-0.39, 0.29) is 24.2 Å². The van der Waals surface area contributed by atoms with E-state index in [0.29, 0.717) is 24.6 Å². The van der Waals surface area contributed by atoms with Crippen molar-refractivity contribution in [2.75, 3.05) is 0 Å². The van der Waals surface area contributed by atoms with E-state index in [0.717, 1.165) is 18.4 Å². The minimum Gasteiger partial charge on any atom is -0.507 e. The van der Waals surface area contributed by atoms with E-state index in [1.54, 1.807) is 6.07 Å². The fourth-order valence-electron chi connectivity index (χ4n) is 6.58. The van der Waals surface area contributed by atoms with Crippen molar-refractivity contribution in [2.45, 2.75) is 63.1 Å². The lowest BCUT2D eigenvalue weighted by Gasteiger charge is -2.48. The molecule has 1 aromatic rings. The third kappa shape index (κ3) is 3.25. The number of nitrogens with two attached hydrogens (primary N) is 1. The van der Waals surface area contributed by atoms with Gasteiger partial charge in [-0.05, 0) is 48.8 Å². The first-order valence-corrected chi connectivity index (χ1v) is 11.9. The minimum absolute atomic E-state index is 0.0492. The number of amides is 1. The molecule has 34 heavy (non-hydrogen) atoms. The second kappa shape index (κ2) is 8.09. The normalized spacial score (nSPS) is 33.4. The number of primary amides is 1. The molecule has 0 bridgehead atoms. The van der Waals surface area contributed by atoms with Crippen LogP contribution in [-0.4, -0.2) is 50.9 Å². The Hall–Kier alpha value is -2.91. The highest BCUT2D eigenvalue weighted by molar-refractivity contribution is 6.31. The third-order valence-electron chi connectivity index (χ3n) is 8.32. The third-order valence-corrected chi connectivity index (χ3v) is 8.32. The predicted molar refractivity (Wildman–Crippen MR) is 118 cm³/mol. The topological polar surface area (TPSA) is 164 Å². The number of rotatable bonds is 4. The molecule has 180 valence electrons. The Bertz CT molecular complexity index is 1120. The molecular formula is C25H28N2O7. The maximum atomic E-state index is 13.5. The highest BCUT2D eigenvalue weighted by atomic mass is 16.3. The van der Waals surface area contributed by atoms with Gasteiger partial charge in [-0.25, -0.2) is 0 Å². The van der Waals surface area contributed by atoms with Crippen LogP contribution in [0, 0.1) is 23.7 Å². The minimum atomic E-state index is -2.61. The number of nitrogens with one attached hydrogen (secondary N) is 1. The van der Waals surface area contributed by atoms with Crippen LogP contribution >= 0.6 is 0 Å². The van der Waals surface area contributed by atoms with Crippen LogP contribution < -0.4 is 11.1 Å². The summed E-state index contributed by atoms with van der Waals surface area (Å²) in [5.74, 6) is -9.79. The van der Waals surface area contributed by atoms with Crippen molar-refractivity contribution in [2.24, 2.45) is 29.4 Å². The molecule has 5 rings (SSSR count). The predicted octanol–water partition coefficient (Wildman–Crippen LogP) is 0.359. The molecule has 5 N–H and O–H groups in total. The van der Waals surface area contributed by atoms with E-state index in [1.165, 1.54) is 18.9 Å². The van der Waals surface area contributed by atoms with E-state index in [4.69, 9.17) is 5.73 Å². The van der Waals surface area contributed by atoms with Gasteiger partial charge >= 0.3 is 0 Å². The zero-order valence-corrected chi connectivity index (χ0v) is 18.7. The fraction of sp³-hybridized carbons (Fsp3) is 0.560. The monoisotopic (exact) mass is 468 g/mol. The molecule has 0 radical (unpaired) electrons. The van der Waals surface area contributed by atoms with Crippen LogP contribution in [0.3, 0.4) is 0 Å². The van der Waals surface area contributed by atoms with Gasteiger partial charge < -0.3 is 21.3 Å². The number of hydrogen-bond acceptors (Lipinski definition) is 8. The molecule has 0 saturated heterocycles. The average Bonchev–Trinajstić information content (AvgIpc) is 3.29. The lowest BCUT2D eigenvalue weighted by Crippen LogP contribution is -2.68. The molecule has 3 fully saturated rings. The number of ketones is 4. The van der Waals surface area contributed by atoms with Gasteiger partial charge in [0.25, 0.3) is 0 Å². The maximum absolute atomic E-state index is 13.5. The van der Waals surface area contributed by atoms with Crippen LogP contribution in [0.2, 0.25) is 0 Å². The molecule has 4 aliphatic rings. The van der Waals surface area contributed by atoms with Crippen molar-refractivity contribution in [3.63, 3.8) is 0 Å². The number of benzene rings is 1. The van der Waals surface area contributed by atoms with E-state index in [9.17, 15) is 34.2 Å². The summed E-state index contributed by atoms with van der Waals surface area (Å²) in [5.41, 5.74) is 4.17. The maximum Gasteiger partial charge on any atom is 0.235 e. The van der Waals surface area contributed by atoms with E-state index < -0.39 is 58.3 Å². The summed E-state index contributed by atoms with van der Waals surface area (Å²) >= 11 is 0. The standard InChI is InChI=1S/C25H28N2O7/c26-24(33)20-17(29)9-13-7-12-8-15-11(10-27-14-3-1-2-4-14)5-6-16(28)19(15)21(30)18(12)22(31)25(13,34)23(20)32/h5-6,12-14,18,20,27-28,34H,1-4,7-10H2,(H2,26,33)/t12-,13+,18?,20?,25+/m1/s1. The first-order valence-electron chi connectivity index (χ1n) is 11.9. The molecule has 1 aromatic carbocycles. The molecule has 0 heterocycles. The largest absolute Gasteiger partial charge is 0.507 e. The number of Topliss-reactive ketones (excluding diaryl/α,β-unsaturated/α-hetero) is 4. The Kier molecular flexibility index (Phi) is 5.44. The van der Waals surface area contributed by atoms with Crippen molar-refractivity contribution in [3.8, 4) is 5.75 Å². The highest BCUT2D eigenvalue weighted by Gasteiger charge is 2.66. The van der Waals surface area contributed by atoms with Crippen molar-refractivity contribution in [3.05, 3.63) is 28.8 Å². The number of fused-ring (bicyclic) bond motifs is 3. The average molecular weight is 469 g/mol. The van der Waals surface area contributed by atoms with Gasteiger partial charge in [-0.3, -0.25) is 24.0 Å². The van der Waals surface area contributed by atoms with Gasteiger partial charge in [-0.1, -0.05) is 18.9 Å². The van der Waals surface area contributed by atoms with Gasteiger partial charge in [-0.2, -0.15) is 0 Å². The van der Waals surface area contributed by atoms with Crippen molar-refractivity contribution >= 4 is 29.0 Å². The van der Waals surface area contributed by atoms with Crippen molar-refractivity contribution in [1.82, 2.24) is 5.32 Å². The zero-order chi connectivity index (χ0) is 24.4. The summed E-state index contributed by atoms with van der Waals surface area (Å²) in [5, 5.41) is 25.2. The molecule has 9 nitrogen and oxygen atoms in total. The number of carbonyl (C=O) groups excluding carboxylic acids is 5. The molecule has 5 atom stereocenters. The number of aromatic hydroxyl groups is 1. The van der Waals surface area contributed by atoms with Crippen LogP contribution in [-0.2, 0) is 32.1 Å². The summed E-state index contributed by atoms with van der Waals surface area (Å²) in [6, 6.07) is 3.61. The second-order valence-corrected chi connectivity index (χ2v) is 10.2. The Morgan fingerprint density at radius 3 is 2.47 bits per heavy atom. The quantitative estimate of drug-likeness (QED) is 0.460. The molecule has 2 unspecified atom stereocenters. The SMILES string of the molecule is NC(=O)C1C(=O)C[C@@H]2C[C@@H]3Cc4c(CNC5CCCC5)ccc(O)c4C(=O)C3C(=O)[C@]2(O)C1=O. The molecule has 0 aliphatic heterocycles. The summed E-state index contributed by atoms with van der Waals surface area (Å²) in [6.45, 7) is 0.524. The van der Waals surface area contributed by atoms with Crippen LogP contribution in [0.5, 0.6) is 5.75 Å².